The van der Waals surface area contributed by atoms with Crippen LogP contribution in [0.25, 0.3) is 10.8 Å². The highest BCUT2D eigenvalue weighted by Gasteiger charge is 2.39. The maximum Gasteiger partial charge on any atom is 0.326 e. The zero-order valence-electron chi connectivity index (χ0n) is 26.6. The number of carbonyl (C=O) groups excluding carboxylic acids is 4. The molecule has 0 bridgehead atoms. The summed E-state index contributed by atoms with van der Waals surface area (Å²) in [6.07, 6.45) is 5.98. The Bertz CT molecular complexity index is 1660. The van der Waals surface area contributed by atoms with E-state index in [4.69, 9.17) is 23.2 Å². The first kappa shape index (κ1) is 35.2. The van der Waals surface area contributed by atoms with Crippen LogP contribution in [-0.4, -0.2) is 64.8 Å². The number of carboxylic acid groups (broad SMARTS) is 1. The van der Waals surface area contributed by atoms with Crippen LogP contribution in [0.5, 0.6) is 0 Å². The molecule has 48 heavy (non-hydrogen) atoms. The number of hydrogen-bond donors (Lipinski definition) is 4. The normalized spacial score (nSPS) is 16.7. The van der Waals surface area contributed by atoms with E-state index >= 15 is 0 Å². The van der Waals surface area contributed by atoms with Crippen molar-refractivity contribution in [2.24, 2.45) is 5.41 Å². The second-order valence-electron chi connectivity index (χ2n) is 12.8. The molecular weight excluding hydrogens is 655 g/mol. The number of nitrogens with zero attached hydrogens (tertiary/aromatic N) is 1. The van der Waals surface area contributed by atoms with Crippen molar-refractivity contribution >= 4 is 69.3 Å². The van der Waals surface area contributed by atoms with E-state index < -0.39 is 29.9 Å². The van der Waals surface area contributed by atoms with Gasteiger partial charge < -0.3 is 26.0 Å². The van der Waals surface area contributed by atoms with Gasteiger partial charge in [0.2, 0.25) is 17.7 Å². The number of nitrogens with one attached hydrogen (secondary N) is 3. The Morgan fingerprint density at radius 1 is 0.771 bits per heavy atom. The number of amides is 4. The first-order valence-electron chi connectivity index (χ1n) is 16.4. The average molecular weight is 696 g/mol. The Morgan fingerprint density at radius 3 is 2.08 bits per heavy atom. The first-order chi connectivity index (χ1) is 23.0. The van der Waals surface area contributed by atoms with Crippen molar-refractivity contribution in [3.63, 3.8) is 0 Å². The number of benzene rings is 3. The lowest BCUT2D eigenvalue weighted by molar-refractivity contribution is -0.142. The summed E-state index contributed by atoms with van der Waals surface area (Å²) in [5, 5.41) is 20.2. The zero-order chi connectivity index (χ0) is 34.3. The molecule has 1 saturated carbocycles. The third-order valence-electron chi connectivity index (χ3n) is 9.55. The Hall–Kier alpha value is -4.15. The molecule has 254 valence electrons. The fourth-order valence-electron chi connectivity index (χ4n) is 6.85. The van der Waals surface area contributed by atoms with Gasteiger partial charge in [-0.15, -0.1) is 0 Å². The smallest absolute Gasteiger partial charge is 0.326 e. The SMILES string of the molecule is O=C(CC[C@H](NC(=O)CCC(NC(=O)c1cc(Cl)cc(Cl)c1)C(=O)N1CCC2(CCCC2)CC1)C(=O)O)Nc1cccc2ccccc12. The summed E-state index contributed by atoms with van der Waals surface area (Å²) in [5.41, 5.74) is 1.06. The Balaban J connectivity index is 1.19. The van der Waals surface area contributed by atoms with Gasteiger partial charge in [0.05, 0.1) is 0 Å². The number of anilines is 1. The number of fused-ring (bicyclic) bond motifs is 1. The lowest BCUT2D eigenvalue weighted by Crippen LogP contribution is -2.52. The van der Waals surface area contributed by atoms with E-state index in [1.165, 1.54) is 43.9 Å². The van der Waals surface area contributed by atoms with Crippen molar-refractivity contribution in [2.75, 3.05) is 18.4 Å². The highest BCUT2D eigenvalue weighted by Crippen LogP contribution is 2.46. The molecule has 2 aliphatic rings. The molecule has 3 aromatic rings. The van der Waals surface area contributed by atoms with Crippen LogP contribution in [0, 0.1) is 5.41 Å². The van der Waals surface area contributed by atoms with E-state index in [9.17, 15) is 29.1 Å². The van der Waals surface area contributed by atoms with E-state index in [-0.39, 0.29) is 58.5 Å². The number of hydrogen-bond acceptors (Lipinski definition) is 5. The van der Waals surface area contributed by atoms with Gasteiger partial charge in [0.25, 0.3) is 5.91 Å². The molecule has 2 fully saturated rings. The van der Waals surface area contributed by atoms with Gasteiger partial charge in [-0.2, -0.15) is 0 Å². The number of carboxylic acids is 1. The minimum atomic E-state index is -1.32. The van der Waals surface area contributed by atoms with Crippen molar-refractivity contribution in [3.05, 3.63) is 76.3 Å². The summed E-state index contributed by atoms with van der Waals surface area (Å²) in [7, 11) is 0. The lowest BCUT2D eigenvalue weighted by atomic mass is 9.77. The topological polar surface area (TPSA) is 145 Å². The summed E-state index contributed by atoms with van der Waals surface area (Å²) >= 11 is 12.2. The molecule has 3 aromatic carbocycles. The molecule has 5 rings (SSSR count). The standard InChI is InChI=1S/C36H40Cl2N4O6/c37-25-20-24(21-26(38)22-25)33(45)41-29(34(46)42-18-16-36(17-19-42)14-3-4-15-36)10-12-32(44)40-30(35(47)48)11-13-31(43)39-28-9-5-7-23-6-1-2-8-27(23)28/h1-2,5-9,20-22,29-30H,3-4,10-19H2,(H,39,43)(H,40,44)(H,41,45)(H,47,48)/t29?,30-/m0/s1. The van der Waals surface area contributed by atoms with Crippen LogP contribution in [0.1, 0.15) is 74.6 Å². The van der Waals surface area contributed by atoms with Gasteiger partial charge in [-0.1, -0.05) is 72.4 Å². The Morgan fingerprint density at radius 2 is 1.40 bits per heavy atom. The van der Waals surface area contributed by atoms with Crippen LogP contribution in [0.4, 0.5) is 5.69 Å². The summed E-state index contributed by atoms with van der Waals surface area (Å²) in [5.74, 6) is -3.14. The predicted molar refractivity (Wildman–Crippen MR) is 185 cm³/mol. The van der Waals surface area contributed by atoms with E-state index in [1.807, 2.05) is 36.4 Å². The van der Waals surface area contributed by atoms with Gasteiger partial charge in [0.15, 0.2) is 0 Å². The number of piperidine rings is 1. The highest BCUT2D eigenvalue weighted by molar-refractivity contribution is 6.35. The van der Waals surface area contributed by atoms with Crippen LogP contribution >= 0.6 is 23.2 Å². The number of likely N-dealkylation sites (tertiary alicyclic amines) is 1. The van der Waals surface area contributed by atoms with Crippen LogP contribution in [0.2, 0.25) is 10.0 Å². The molecular formula is C36H40Cl2N4O6. The molecule has 10 nitrogen and oxygen atoms in total. The van der Waals surface area contributed by atoms with E-state index in [1.54, 1.807) is 11.0 Å². The number of rotatable bonds is 12. The van der Waals surface area contributed by atoms with Gasteiger partial charge >= 0.3 is 5.97 Å². The molecule has 0 radical (unpaired) electrons. The van der Waals surface area contributed by atoms with Gasteiger partial charge in [-0.3, -0.25) is 19.2 Å². The van der Waals surface area contributed by atoms with Crippen molar-refractivity contribution in [1.82, 2.24) is 15.5 Å². The quantitative estimate of drug-likeness (QED) is 0.178. The highest BCUT2D eigenvalue weighted by atomic mass is 35.5. The van der Waals surface area contributed by atoms with Gasteiger partial charge in [0, 0.05) is 52.6 Å². The third-order valence-corrected chi connectivity index (χ3v) is 9.98. The largest absolute Gasteiger partial charge is 0.480 e. The monoisotopic (exact) mass is 694 g/mol. The third kappa shape index (κ3) is 9.05. The first-order valence-corrected chi connectivity index (χ1v) is 17.1. The Labute approximate surface area is 289 Å². The summed E-state index contributed by atoms with van der Waals surface area (Å²) in [4.78, 5) is 66.4. The molecule has 1 aliphatic carbocycles. The fourth-order valence-corrected chi connectivity index (χ4v) is 7.38. The molecule has 12 heteroatoms. The second-order valence-corrected chi connectivity index (χ2v) is 13.7. The van der Waals surface area contributed by atoms with Gasteiger partial charge in [-0.05, 0) is 73.6 Å². The van der Waals surface area contributed by atoms with Crippen molar-refractivity contribution < 1.29 is 29.1 Å². The van der Waals surface area contributed by atoms with Crippen molar-refractivity contribution in [1.29, 1.82) is 0 Å². The average Bonchev–Trinajstić information content (AvgIpc) is 3.52. The summed E-state index contributed by atoms with van der Waals surface area (Å²) in [6.45, 7) is 1.14. The number of carbonyl (C=O) groups is 5. The molecule has 1 heterocycles. The maximum absolute atomic E-state index is 13.7. The minimum Gasteiger partial charge on any atom is -0.480 e. The molecule has 4 N–H and O–H groups in total. The fraction of sp³-hybridized carbons (Fsp3) is 0.417. The van der Waals surface area contributed by atoms with Crippen LogP contribution in [0.3, 0.4) is 0 Å². The predicted octanol–water partition coefficient (Wildman–Crippen LogP) is 6.20. The van der Waals surface area contributed by atoms with Gasteiger partial charge in [0.1, 0.15) is 12.1 Å². The maximum atomic E-state index is 13.7. The minimum absolute atomic E-state index is 0.0553. The number of halogens is 2. The second kappa shape index (κ2) is 15.8. The summed E-state index contributed by atoms with van der Waals surface area (Å²) < 4.78 is 0. The molecule has 4 amide bonds. The van der Waals surface area contributed by atoms with E-state index in [2.05, 4.69) is 16.0 Å². The van der Waals surface area contributed by atoms with Crippen LogP contribution in [0.15, 0.2) is 60.7 Å². The van der Waals surface area contributed by atoms with Crippen molar-refractivity contribution in [3.8, 4) is 0 Å². The zero-order valence-corrected chi connectivity index (χ0v) is 28.1. The van der Waals surface area contributed by atoms with E-state index in [0.29, 0.717) is 18.8 Å². The van der Waals surface area contributed by atoms with E-state index in [0.717, 1.165) is 23.6 Å². The molecule has 1 aliphatic heterocycles. The number of aliphatic carboxylic acids is 1. The molecule has 1 spiro atoms. The van der Waals surface area contributed by atoms with Crippen LogP contribution in [-0.2, 0) is 19.2 Å². The molecule has 0 aromatic heterocycles. The van der Waals surface area contributed by atoms with Crippen molar-refractivity contribution in [2.45, 2.75) is 76.3 Å². The molecule has 2 atom stereocenters. The molecule has 1 saturated heterocycles. The summed E-state index contributed by atoms with van der Waals surface area (Å²) in [6, 6.07) is 15.1. The lowest BCUT2D eigenvalue weighted by Gasteiger charge is -2.40. The van der Waals surface area contributed by atoms with Gasteiger partial charge in [-0.25, -0.2) is 4.79 Å². The molecule has 1 unspecified atom stereocenters. The van der Waals surface area contributed by atoms with Crippen LogP contribution < -0.4 is 16.0 Å². The Kier molecular flexibility index (Phi) is 11.6.